The van der Waals surface area contributed by atoms with E-state index in [0.29, 0.717) is 4.88 Å². The molecule has 0 radical (unpaired) electrons. The van der Waals surface area contributed by atoms with Gasteiger partial charge in [0.05, 0.1) is 20.5 Å². The Labute approximate surface area is 134 Å². The maximum absolute atomic E-state index is 12.1. The van der Waals surface area contributed by atoms with Gasteiger partial charge >= 0.3 is 0 Å². The van der Waals surface area contributed by atoms with Gasteiger partial charge in [0.15, 0.2) is 5.78 Å². The van der Waals surface area contributed by atoms with Crippen LogP contribution in [0.4, 0.5) is 5.69 Å². The van der Waals surface area contributed by atoms with Gasteiger partial charge in [0.25, 0.3) is 5.56 Å². The third kappa shape index (κ3) is 3.24. The van der Waals surface area contributed by atoms with Gasteiger partial charge in [-0.3, -0.25) is 9.59 Å². The molecule has 0 bridgehead atoms. The van der Waals surface area contributed by atoms with E-state index in [1.165, 1.54) is 16.0 Å². The Kier molecular flexibility index (Phi) is 4.21. The van der Waals surface area contributed by atoms with Crippen molar-refractivity contribution in [1.82, 2.24) is 9.78 Å². The van der Waals surface area contributed by atoms with Gasteiger partial charge in [-0.05, 0) is 40.9 Å². The van der Waals surface area contributed by atoms with E-state index < -0.39 is 0 Å². The summed E-state index contributed by atoms with van der Waals surface area (Å²) in [5.74, 6) is -0.103. The number of hydrogen-bond donors (Lipinski definition) is 0. The van der Waals surface area contributed by atoms with E-state index in [1.807, 2.05) is 6.07 Å². The minimum atomic E-state index is -0.233. The van der Waals surface area contributed by atoms with Gasteiger partial charge in [-0.25, -0.2) is 4.68 Å². The average molecular weight is 368 g/mol. The first-order valence-electron chi connectivity index (χ1n) is 6.74. The average Bonchev–Trinajstić information content (AvgIpc) is 3.12. The van der Waals surface area contributed by atoms with Crippen molar-refractivity contribution >= 4 is 38.7 Å². The summed E-state index contributed by atoms with van der Waals surface area (Å²) < 4.78 is 2.12. The van der Waals surface area contributed by atoms with Crippen LogP contribution in [0.5, 0.6) is 0 Å². The lowest BCUT2D eigenvalue weighted by Crippen LogP contribution is -2.28. The van der Waals surface area contributed by atoms with Gasteiger partial charge < -0.3 is 4.90 Å². The van der Waals surface area contributed by atoms with E-state index in [9.17, 15) is 9.59 Å². The van der Waals surface area contributed by atoms with Crippen molar-refractivity contribution in [3.63, 3.8) is 0 Å². The molecule has 21 heavy (non-hydrogen) atoms. The molecule has 0 aromatic carbocycles. The second-order valence-electron chi connectivity index (χ2n) is 4.93. The van der Waals surface area contributed by atoms with Crippen LogP contribution in [0, 0.1) is 0 Å². The second kappa shape index (κ2) is 6.11. The fourth-order valence-corrected chi connectivity index (χ4v) is 3.69. The number of thiophene rings is 1. The number of halogens is 1. The highest BCUT2D eigenvalue weighted by atomic mass is 79.9. The molecular weight excluding hydrogens is 354 g/mol. The lowest BCUT2D eigenvalue weighted by atomic mass is 10.3. The molecule has 1 fully saturated rings. The summed E-state index contributed by atoms with van der Waals surface area (Å²) >= 11 is 4.68. The number of ketones is 1. The zero-order valence-corrected chi connectivity index (χ0v) is 13.7. The number of hydrogen-bond acceptors (Lipinski definition) is 5. The Morgan fingerprint density at radius 1 is 1.33 bits per heavy atom. The molecule has 0 saturated carbocycles. The fourth-order valence-electron chi connectivity index (χ4n) is 2.37. The summed E-state index contributed by atoms with van der Waals surface area (Å²) in [5, 5.41) is 4.13. The van der Waals surface area contributed by atoms with Crippen molar-refractivity contribution in [2.75, 3.05) is 18.0 Å². The molecule has 0 spiro atoms. The first-order chi connectivity index (χ1) is 10.1. The molecule has 110 valence electrons. The summed E-state index contributed by atoms with van der Waals surface area (Å²) in [7, 11) is 0. The molecule has 1 aliphatic heterocycles. The lowest BCUT2D eigenvalue weighted by Gasteiger charge is -2.16. The molecule has 1 aliphatic rings. The third-order valence-electron chi connectivity index (χ3n) is 3.47. The van der Waals surface area contributed by atoms with Crippen molar-refractivity contribution in [1.29, 1.82) is 0 Å². The summed E-state index contributed by atoms with van der Waals surface area (Å²) in [5.41, 5.74) is 0.614. The first-order valence-corrected chi connectivity index (χ1v) is 8.35. The minimum absolute atomic E-state index is 0.0218. The molecule has 0 atom stereocenters. The zero-order chi connectivity index (χ0) is 14.8. The number of anilines is 1. The van der Waals surface area contributed by atoms with Crippen LogP contribution in [-0.4, -0.2) is 28.7 Å². The highest BCUT2D eigenvalue weighted by Crippen LogP contribution is 2.22. The quantitative estimate of drug-likeness (QED) is 0.779. The van der Waals surface area contributed by atoms with Crippen LogP contribution in [0.2, 0.25) is 0 Å². The van der Waals surface area contributed by atoms with Crippen LogP contribution in [-0.2, 0) is 6.54 Å². The third-order valence-corrected chi connectivity index (χ3v) is 5.13. The number of carbonyl (C=O) groups excluding carboxylic acids is 1. The van der Waals surface area contributed by atoms with Crippen LogP contribution >= 0.6 is 27.3 Å². The molecular formula is C14H14BrN3O2S. The van der Waals surface area contributed by atoms with Crippen LogP contribution in [0.15, 0.2) is 33.0 Å². The monoisotopic (exact) mass is 367 g/mol. The largest absolute Gasteiger partial charge is 0.370 e. The van der Waals surface area contributed by atoms with Crippen LogP contribution < -0.4 is 10.5 Å². The Bertz CT molecular complexity index is 719. The van der Waals surface area contributed by atoms with Crippen molar-refractivity contribution in [2.24, 2.45) is 0 Å². The number of aromatic nitrogens is 2. The minimum Gasteiger partial charge on any atom is -0.370 e. The van der Waals surface area contributed by atoms with Crippen LogP contribution in [0.25, 0.3) is 0 Å². The summed E-state index contributed by atoms with van der Waals surface area (Å²) in [6.45, 7) is 1.91. The standard InChI is InChI=1S/C14H14BrN3O2S/c15-13-4-3-12(21-13)11(19)9-18-14(20)7-10(8-16-18)17-5-1-2-6-17/h3-4,7-8H,1-2,5-6,9H2. The van der Waals surface area contributed by atoms with Gasteiger partial charge in [0.2, 0.25) is 0 Å². The summed E-state index contributed by atoms with van der Waals surface area (Å²) in [6.07, 6.45) is 3.97. The first kappa shape index (κ1) is 14.5. The molecule has 5 nitrogen and oxygen atoms in total. The van der Waals surface area contributed by atoms with Crippen LogP contribution in [0.1, 0.15) is 22.5 Å². The molecule has 0 unspecified atom stereocenters. The molecule has 7 heteroatoms. The number of nitrogens with zero attached hydrogens (tertiary/aromatic N) is 3. The molecule has 3 heterocycles. The summed E-state index contributed by atoms with van der Waals surface area (Å²) in [4.78, 5) is 27.0. The SMILES string of the molecule is O=C(Cn1ncc(N2CCCC2)cc1=O)c1ccc(Br)s1. The van der Waals surface area contributed by atoms with E-state index >= 15 is 0 Å². The zero-order valence-electron chi connectivity index (χ0n) is 11.3. The maximum Gasteiger partial charge on any atom is 0.269 e. The van der Waals surface area contributed by atoms with Crippen molar-refractivity contribution in [3.05, 3.63) is 43.4 Å². The molecule has 0 aliphatic carbocycles. The summed E-state index contributed by atoms with van der Waals surface area (Å²) in [6, 6.07) is 5.14. The molecule has 2 aromatic rings. The Morgan fingerprint density at radius 2 is 2.10 bits per heavy atom. The lowest BCUT2D eigenvalue weighted by molar-refractivity contribution is 0.0969. The van der Waals surface area contributed by atoms with Gasteiger partial charge in [0, 0.05) is 19.2 Å². The van der Waals surface area contributed by atoms with Crippen molar-refractivity contribution < 1.29 is 4.79 Å². The van der Waals surface area contributed by atoms with E-state index in [4.69, 9.17) is 0 Å². The van der Waals surface area contributed by atoms with Gasteiger partial charge in [-0.2, -0.15) is 5.10 Å². The van der Waals surface area contributed by atoms with Crippen LogP contribution in [0.3, 0.4) is 0 Å². The number of Topliss-reactive ketones (excluding diaryl/α,β-unsaturated/α-hetero) is 1. The van der Waals surface area contributed by atoms with Crippen molar-refractivity contribution in [2.45, 2.75) is 19.4 Å². The van der Waals surface area contributed by atoms with E-state index in [0.717, 1.165) is 35.4 Å². The molecule has 3 rings (SSSR count). The topological polar surface area (TPSA) is 55.2 Å². The highest BCUT2D eigenvalue weighted by molar-refractivity contribution is 9.11. The predicted octanol–water partition coefficient (Wildman–Crippen LogP) is 2.55. The van der Waals surface area contributed by atoms with Gasteiger partial charge in [-0.1, -0.05) is 0 Å². The van der Waals surface area contributed by atoms with Crippen molar-refractivity contribution in [3.8, 4) is 0 Å². The van der Waals surface area contributed by atoms with Gasteiger partial charge in [-0.15, -0.1) is 11.3 Å². The Balaban J connectivity index is 1.77. The molecule has 1 saturated heterocycles. The molecule has 0 N–H and O–H groups in total. The predicted molar refractivity (Wildman–Crippen MR) is 86.3 cm³/mol. The highest BCUT2D eigenvalue weighted by Gasteiger charge is 2.15. The van der Waals surface area contributed by atoms with E-state index in [2.05, 4.69) is 25.9 Å². The normalized spacial score (nSPS) is 14.6. The number of rotatable bonds is 4. The smallest absolute Gasteiger partial charge is 0.269 e. The maximum atomic E-state index is 12.1. The van der Waals surface area contributed by atoms with E-state index in [1.54, 1.807) is 18.3 Å². The van der Waals surface area contributed by atoms with E-state index in [-0.39, 0.29) is 17.9 Å². The van der Waals surface area contributed by atoms with Gasteiger partial charge in [0.1, 0.15) is 6.54 Å². The Hall–Kier alpha value is -1.47. The second-order valence-corrected chi connectivity index (χ2v) is 7.39. The number of carbonyl (C=O) groups is 1. The fraction of sp³-hybridized carbons (Fsp3) is 0.357. The molecule has 0 amide bonds. The molecule has 2 aromatic heterocycles. The Morgan fingerprint density at radius 3 is 2.71 bits per heavy atom.